The first-order chi connectivity index (χ1) is 9.41. The van der Waals surface area contributed by atoms with Crippen LogP contribution in [0.5, 0.6) is 0 Å². The van der Waals surface area contributed by atoms with E-state index in [1.807, 2.05) is 6.07 Å². The molecule has 2 N–H and O–H groups in total. The monoisotopic (exact) mass is 329 g/mol. The average molecular weight is 330 g/mol. The van der Waals surface area contributed by atoms with Crippen molar-refractivity contribution in [2.24, 2.45) is 11.7 Å². The minimum Gasteiger partial charge on any atom is -0.329 e. The lowest BCUT2D eigenvalue weighted by atomic mass is 10.1. The molecule has 0 bridgehead atoms. The first-order valence-corrected chi connectivity index (χ1v) is 8.04. The minimum atomic E-state index is -3.56. The number of rotatable bonds is 5. The fourth-order valence-corrected chi connectivity index (χ4v) is 3.90. The second kappa shape index (κ2) is 6.75. The first kappa shape index (κ1) is 17.9. The number of aryl methyl sites for hydroxylation is 1. The van der Waals surface area contributed by atoms with E-state index in [0.717, 1.165) is 12.8 Å². The van der Waals surface area contributed by atoms with Gasteiger partial charge in [0.15, 0.2) is 0 Å². The number of nitrogens with zero attached hydrogens (tertiary/aromatic N) is 2. The molecule has 1 saturated carbocycles. The Bertz CT molecular complexity index is 651. The van der Waals surface area contributed by atoms with Crippen LogP contribution in [0.15, 0.2) is 23.1 Å². The normalized spacial score (nSPS) is 16.1. The summed E-state index contributed by atoms with van der Waals surface area (Å²) in [5.74, 6) is 0.374. The summed E-state index contributed by atoms with van der Waals surface area (Å²) in [4.78, 5) is 0.218. The molecule has 0 amide bonds. The Morgan fingerprint density at radius 3 is 2.52 bits per heavy atom. The van der Waals surface area contributed by atoms with E-state index >= 15 is 0 Å². The van der Waals surface area contributed by atoms with Crippen LogP contribution in [0.4, 0.5) is 0 Å². The highest BCUT2D eigenvalue weighted by Gasteiger charge is 2.38. The van der Waals surface area contributed by atoms with Crippen LogP contribution in [-0.4, -0.2) is 32.4 Å². The van der Waals surface area contributed by atoms with E-state index in [-0.39, 0.29) is 23.3 Å². The third-order valence-electron chi connectivity index (χ3n) is 3.87. The van der Waals surface area contributed by atoms with E-state index in [1.165, 1.54) is 10.4 Å². The maximum atomic E-state index is 12.6. The zero-order chi connectivity index (χ0) is 14.9. The lowest BCUT2D eigenvalue weighted by molar-refractivity contribution is 0.340. The molecule has 1 aliphatic rings. The molecule has 1 atom stereocenters. The molecule has 1 aromatic rings. The Labute approximate surface area is 132 Å². The van der Waals surface area contributed by atoms with E-state index in [1.54, 1.807) is 26.1 Å². The van der Waals surface area contributed by atoms with Crippen LogP contribution in [0.3, 0.4) is 0 Å². The molecule has 1 aromatic carbocycles. The van der Waals surface area contributed by atoms with Crippen LogP contribution in [0.2, 0.25) is 0 Å². The standard InChI is InChI=1S/C14H19N3O2S.ClH/c1-10-7-13(6-5-12(10)8-15)20(18,19)17(2)14(9-16)11-3-4-11;/h5-7,11,14H,3-4,9,16H2,1-2H3;1H. The Morgan fingerprint density at radius 1 is 1.48 bits per heavy atom. The number of likely N-dealkylation sites (N-methyl/N-ethyl adjacent to an activating group) is 1. The average Bonchev–Trinajstić information content (AvgIpc) is 3.24. The van der Waals surface area contributed by atoms with Gasteiger partial charge in [0.2, 0.25) is 10.0 Å². The summed E-state index contributed by atoms with van der Waals surface area (Å²) in [5.41, 5.74) is 6.87. The molecule has 0 spiro atoms. The van der Waals surface area contributed by atoms with Crippen molar-refractivity contribution in [3.05, 3.63) is 29.3 Å². The van der Waals surface area contributed by atoms with Crippen LogP contribution >= 0.6 is 12.4 Å². The highest BCUT2D eigenvalue weighted by atomic mass is 35.5. The van der Waals surface area contributed by atoms with Crippen LogP contribution in [0, 0.1) is 24.2 Å². The predicted octanol–water partition coefficient (Wildman–Crippen LogP) is 1.65. The third kappa shape index (κ3) is 3.55. The molecule has 0 aromatic heterocycles. The molecule has 5 nitrogen and oxygen atoms in total. The second-order valence-corrected chi connectivity index (χ2v) is 7.25. The van der Waals surface area contributed by atoms with Gasteiger partial charge in [0, 0.05) is 19.6 Å². The Morgan fingerprint density at radius 2 is 2.10 bits per heavy atom. The molecule has 1 aliphatic carbocycles. The highest BCUT2D eigenvalue weighted by Crippen LogP contribution is 2.36. The molecule has 1 unspecified atom stereocenters. The van der Waals surface area contributed by atoms with Crippen molar-refractivity contribution < 1.29 is 8.42 Å². The van der Waals surface area contributed by atoms with Gasteiger partial charge in [0.25, 0.3) is 0 Å². The zero-order valence-corrected chi connectivity index (χ0v) is 13.7. The second-order valence-electron chi connectivity index (χ2n) is 5.25. The van der Waals surface area contributed by atoms with Crippen molar-refractivity contribution >= 4 is 22.4 Å². The lowest BCUT2D eigenvalue weighted by Crippen LogP contribution is -2.43. The summed E-state index contributed by atoms with van der Waals surface area (Å²) in [5, 5.41) is 8.90. The third-order valence-corrected chi connectivity index (χ3v) is 5.75. The van der Waals surface area contributed by atoms with Gasteiger partial charge in [-0.05, 0) is 49.4 Å². The summed E-state index contributed by atoms with van der Waals surface area (Å²) in [6.07, 6.45) is 2.07. The summed E-state index contributed by atoms with van der Waals surface area (Å²) in [6.45, 7) is 2.06. The van der Waals surface area contributed by atoms with Gasteiger partial charge >= 0.3 is 0 Å². The molecule has 0 saturated heterocycles. The fourth-order valence-electron chi connectivity index (χ4n) is 2.39. The zero-order valence-electron chi connectivity index (χ0n) is 12.1. The Balaban J connectivity index is 0.00000220. The fraction of sp³-hybridized carbons (Fsp3) is 0.500. The molecule has 1 fully saturated rings. The Kier molecular flexibility index (Phi) is 5.76. The maximum absolute atomic E-state index is 12.6. The number of nitriles is 1. The SMILES string of the molecule is Cc1cc(S(=O)(=O)N(C)C(CN)C2CC2)ccc1C#N.Cl. The van der Waals surface area contributed by atoms with Crippen molar-refractivity contribution in [3.8, 4) is 6.07 Å². The molecular weight excluding hydrogens is 310 g/mol. The molecule has 7 heteroatoms. The number of hydrogen-bond donors (Lipinski definition) is 1. The van der Waals surface area contributed by atoms with Gasteiger partial charge in [-0.25, -0.2) is 8.42 Å². The number of halogens is 1. The summed E-state index contributed by atoms with van der Waals surface area (Å²) >= 11 is 0. The van der Waals surface area contributed by atoms with Gasteiger partial charge in [0.05, 0.1) is 16.5 Å². The predicted molar refractivity (Wildman–Crippen MR) is 83.7 cm³/mol. The summed E-state index contributed by atoms with van der Waals surface area (Å²) in [6, 6.07) is 6.47. The number of hydrogen-bond acceptors (Lipinski definition) is 4. The lowest BCUT2D eigenvalue weighted by Gasteiger charge is -2.26. The molecular formula is C14H20ClN3O2S. The number of sulfonamides is 1. The molecule has 0 aliphatic heterocycles. The van der Waals surface area contributed by atoms with E-state index in [9.17, 15) is 8.42 Å². The van der Waals surface area contributed by atoms with Crippen LogP contribution < -0.4 is 5.73 Å². The van der Waals surface area contributed by atoms with Gasteiger partial charge in [-0.3, -0.25) is 0 Å². The van der Waals surface area contributed by atoms with Gasteiger partial charge in [-0.2, -0.15) is 9.57 Å². The van der Waals surface area contributed by atoms with E-state index in [0.29, 0.717) is 23.6 Å². The van der Waals surface area contributed by atoms with Gasteiger partial charge in [-0.15, -0.1) is 12.4 Å². The maximum Gasteiger partial charge on any atom is 0.243 e. The van der Waals surface area contributed by atoms with Crippen molar-refractivity contribution in [2.75, 3.05) is 13.6 Å². The molecule has 116 valence electrons. The van der Waals surface area contributed by atoms with Crippen LogP contribution in [0.1, 0.15) is 24.0 Å². The summed E-state index contributed by atoms with van der Waals surface area (Å²) in [7, 11) is -1.98. The van der Waals surface area contributed by atoms with Crippen molar-refractivity contribution in [1.29, 1.82) is 5.26 Å². The Hall–Kier alpha value is -1.13. The smallest absolute Gasteiger partial charge is 0.243 e. The van der Waals surface area contributed by atoms with E-state index in [2.05, 4.69) is 0 Å². The molecule has 0 radical (unpaired) electrons. The van der Waals surface area contributed by atoms with Gasteiger partial charge in [-0.1, -0.05) is 0 Å². The van der Waals surface area contributed by atoms with Crippen molar-refractivity contribution in [1.82, 2.24) is 4.31 Å². The van der Waals surface area contributed by atoms with Crippen molar-refractivity contribution in [3.63, 3.8) is 0 Å². The van der Waals surface area contributed by atoms with Gasteiger partial charge < -0.3 is 5.73 Å². The molecule has 0 heterocycles. The molecule has 2 rings (SSSR count). The largest absolute Gasteiger partial charge is 0.329 e. The van der Waals surface area contributed by atoms with E-state index < -0.39 is 10.0 Å². The number of benzene rings is 1. The molecule has 21 heavy (non-hydrogen) atoms. The van der Waals surface area contributed by atoms with Crippen molar-refractivity contribution in [2.45, 2.75) is 30.7 Å². The van der Waals surface area contributed by atoms with Crippen LogP contribution in [0.25, 0.3) is 0 Å². The summed E-state index contributed by atoms with van der Waals surface area (Å²) < 4.78 is 26.6. The highest BCUT2D eigenvalue weighted by molar-refractivity contribution is 7.89. The van der Waals surface area contributed by atoms with Crippen LogP contribution in [-0.2, 0) is 10.0 Å². The van der Waals surface area contributed by atoms with Gasteiger partial charge in [0.1, 0.15) is 0 Å². The topological polar surface area (TPSA) is 87.2 Å². The quantitative estimate of drug-likeness (QED) is 0.889. The number of nitrogens with two attached hydrogens (primary N) is 1. The van der Waals surface area contributed by atoms with E-state index in [4.69, 9.17) is 11.0 Å². The first-order valence-electron chi connectivity index (χ1n) is 6.60. The minimum absolute atomic E-state index is 0.